The van der Waals surface area contributed by atoms with Crippen molar-refractivity contribution in [3.05, 3.63) is 0 Å². The summed E-state index contributed by atoms with van der Waals surface area (Å²) in [5.41, 5.74) is 0. The topological polar surface area (TPSA) is 90.9 Å². The summed E-state index contributed by atoms with van der Waals surface area (Å²) in [6.45, 7) is 10.3. The Kier molecular flexibility index (Phi) is 12.5. The summed E-state index contributed by atoms with van der Waals surface area (Å²) in [5.74, 6) is 0.950. The molecule has 0 aromatic rings. The third kappa shape index (κ3) is 9.96. The van der Waals surface area contributed by atoms with Crippen molar-refractivity contribution in [2.75, 3.05) is 38.5 Å². The molecule has 2 N–H and O–H groups in total. The molecule has 7 nitrogen and oxygen atoms in total. The fraction of sp³-hybridized carbons (Fsp3) is 0.889. The molecule has 1 fully saturated rings. The maximum atomic E-state index is 12.1. The molecule has 0 aromatic carbocycles. The van der Waals surface area contributed by atoms with Crippen LogP contribution in [0.3, 0.4) is 0 Å². The number of nitrogens with one attached hydrogen (secondary N) is 2. The van der Waals surface area contributed by atoms with Gasteiger partial charge in [0.1, 0.15) is 0 Å². The second kappa shape index (κ2) is 12.8. The Bertz CT molecular complexity index is 574. The van der Waals surface area contributed by atoms with Crippen LogP contribution >= 0.6 is 24.0 Å². The Morgan fingerprint density at radius 3 is 2.52 bits per heavy atom. The van der Waals surface area contributed by atoms with E-state index in [2.05, 4.69) is 15.6 Å². The van der Waals surface area contributed by atoms with Gasteiger partial charge >= 0.3 is 0 Å². The smallest absolute Gasteiger partial charge is 0.222 e. The van der Waals surface area contributed by atoms with E-state index in [9.17, 15) is 13.2 Å². The number of hydrogen-bond donors (Lipinski definition) is 2. The molecular formula is C18H37IN4O3S. The van der Waals surface area contributed by atoms with Crippen LogP contribution in [0.25, 0.3) is 0 Å². The summed E-state index contributed by atoms with van der Waals surface area (Å²) in [4.78, 5) is 18.4. The predicted molar refractivity (Wildman–Crippen MR) is 123 cm³/mol. The SMILES string of the molecule is CCNC(=NCCCN1CCCCCC1=O)NCCS(=O)(=O)C(C)(C)C.I. The van der Waals surface area contributed by atoms with E-state index >= 15 is 0 Å². The van der Waals surface area contributed by atoms with Crippen molar-refractivity contribution in [2.24, 2.45) is 4.99 Å². The second-order valence-electron chi connectivity index (χ2n) is 7.66. The van der Waals surface area contributed by atoms with E-state index in [0.29, 0.717) is 32.0 Å². The predicted octanol–water partition coefficient (Wildman–Crippen LogP) is 2.17. The molecule has 0 aromatic heterocycles. The average molecular weight is 516 g/mol. The highest BCUT2D eigenvalue weighted by molar-refractivity contribution is 14.0. The number of nitrogens with zero attached hydrogens (tertiary/aromatic N) is 2. The molecule has 0 spiro atoms. The zero-order valence-electron chi connectivity index (χ0n) is 17.2. The zero-order valence-corrected chi connectivity index (χ0v) is 20.4. The zero-order chi connectivity index (χ0) is 19.6. The third-order valence-corrected chi connectivity index (χ3v) is 7.08. The Morgan fingerprint density at radius 2 is 1.89 bits per heavy atom. The molecule has 1 aliphatic heterocycles. The van der Waals surface area contributed by atoms with Gasteiger partial charge in [0, 0.05) is 39.1 Å². The van der Waals surface area contributed by atoms with Gasteiger partial charge in [-0.2, -0.15) is 0 Å². The van der Waals surface area contributed by atoms with Crippen molar-refractivity contribution in [1.82, 2.24) is 15.5 Å². The molecule has 1 heterocycles. The Labute approximate surface area is 182 Å². The van der Waals surface area contributed by atoms with Gasteiger partial charge in [-0.05, 0) is 47.0 Å². The molecule has 0 unspecified atom stereocenters. The van der Waals surface area contributed by atoms with E-state index in [1.54, 1.807) is 20.8 Å². The summed E-state index contributed by atoms with van der Waals surface area (Å²) < 4.78 is 23.5. The van der Waals surface area contributed by atoms with Crippen LogP contribution in [0.15, 0.2) is 4.99 Å². The average Bonchev–Trinajstić information content (AvgIpc) is 2.74. The lowest BCUT2D eigenvalue weighted by Crippen LogP contribution is -2.42. The Balaban J connectivity index is 0.00000676. The number of aliphatic imine (C=N–C) groups is 1. The van der Waals surface area contributed by atoms with Crippen LogP contribution in [0.4, 0.5) is 0 Å². The number of sulfone groups is 1. The van der Waals surface area contributed by atoms with E-state index in [-0.39, 0.29) is 35.6 Å². The molecule has 1 aliphatic rings. The number of carbonyl (C=O) groups is 1. The number of rotatable bonds is 8. The number of hydrogen-bond acceptors (Lipinski definition) is 4. The van der Waals surface area contributed by atoms with Crippen LogP contribution in [0.1, 0.15) is 59.8 Å². The molecule has 160 valence electrons. The maximum Gasteiger partial charge on any atom is 0.222 e. The first-order valence-corrected chi connectivity index (χ1v) is 11.3. The van der Waals surface area contributed by atoms with Crippen molar-refractivity contribution >= 4 is 45.7 Å². The first-order chi connectivity index (χ1) is 12.2. The van der Waals surface area contributed by atoms with Gasteiger partial charge in [0.15, 0.2) is 15.8 Å². The molecule has 1 amide bonds. The van der Waals surface area contributed by atoms with E-state index in [1.165, 1.54) is 0 Å². The van der Waals surface area contributed by atoms with Gasteiger partial charge in [-0.3, -0.25) is 9.79 Å². The normalized spacial score (nSPS) is 16.5. The van der Waals surface area contributed by atoms with Crippen LogP contribution in [-0.2, 0) is 14.6 Å². The highest BCUT2D eigenvalue weighted by Crippen LogP contribution is 2.15. The van der Waals surface area contributed by atoms with Gasteiger partial charge in [0.25, 0.3) is 0 Å². The number of amides is 1. The van der Waals surface area contributed by atoms with E-state index in [0.717, 1.165) is 38.8 Å². The molecule has 27 heavy (non-hydrogen) atoms. The van der Waals surface area contributed by atoms with E-state index < -0.39 is 14.6 Å². The van der Waals surface area contributed by atoms with Gasteiger partial charge in [-0.1, -0.05) is 6.42 Å². The Morgan fingerprint density at radius 1 is 1.19 bits per heavy atom. The fourth-order valence-electron chi connectivity index (χ4n) is 2.68. The number of carbonyl (C=O) groups excluding carboxylic acids is 1. The van der Waals surface area contributed by atoms with Crippen LogP contribution in [0.5, 0.6) is 0 Å². The summed E-state index contributed by atoms with van der Waals surface area (Å²) in [5, 5.41) is 6.21. The lowest BCUT2D eigenvalue weighted by atomic mass is 10.2. The molecule has 9 heteroatoms. The van der Waals surface area contributed by atoms with Crippen LogP contribution in [0, 0.1) is 0 Å². The number of halogens is 1. The van der Waals surface area contributed by atoms with Gasteiger partial charge in [-0.15, -0.1) is 24.0 Å². The lowest BCUT2D eigenvalue weighted by molar-refractivity contribution is -0.130. The highest BCUT2D eigenvalue weighted by atomic mass is 127. The van der Waals surface area contributed by atoms with E-state index in [4.69, 9.17) is 0 Å². The summed E-state index contributed by atoms with van der Waals surface area (Å²) >= 11 is 0. The molecule has 0 bridgehead atoms. The quantitative estimate of drug-likeness (QED) is 0.223. The van der Waals surface area contributed by atoms with Crippen LogP contribution in [0.2, 0.25) is 0 Å². The summed E-state index contributed by atoms with van der Waals surface area (Å²) in [7, 11) is -3.15. The van der Waals surface area contributed by atoms with Crippen molar-refractivity contribution in [1.29, 1.82) is 0 Å². The highest BCUT2D eigenvalue weighted by Gasteiger charge is 2.28. The molecule has 0 atom stereocenters. The van der Waals surface area contributed by atoms with Gasteiger partial charge in [0.2, 0.25) is 5.91 Å². The van der Waals surface area contributed by atoms with Crippen LogP contribution in [-0.4, -0.2) is 68.4 Å². The first-order valence-electron chi connectivity index (χ1n) is 9.69. The van der Waals surface area contributed by atoms with Crippen molar-refractivity contribution < 1.29 is 13.2 Å². The second-order valence-corrected chi connectivity index (χ2v) is 10.5. The first kappa shape index (κ1) is 26.4. The van der Waals surface area contributed by atoms with Gasteiger partial charge in [0.05, 0.1) is 10.5 Å². The monoisotopic (exact) mass is 516 g/mol. The lowest BCUT2D eigenvalue weighted by Gasteiger charge is -2.20. The minimum absolute atomic E-state index is 0. The minimum Gasteiger partial charge on any atom is -0.357 e. The molecule has 0 radical (unpaired) electrons. The summed E-state index contributed by atoms with van der Waals surface area (Å²) in [6.07, 6.45) is 4.69. The molecule has 0 saturated carbocycles. The molecular weight excluding hydrogens is 479 g/mol. The van der Waals surface area contributed by atoms with Crippen molar-refractivity contribution in [3.63, 3.8) is 0 Å². The molecule has 1 saturated heterocycles. The Hall–Kier alpha value is -0.580. The minimum atomic E-state index is -3.15. The van der Waals surface area contributed by atoms with Gasteiger partial charge in [-0.25, -0.2) is 8.42 Å². The third-order valence-electron chi connectivity index (χ3n) is 4.47. The largest absolute Gasteiger partial charge is 0.357 e. The molecule has 0 aliphatic carbocycles. The van der Waals surface area contributed by atoms with Crippen molar-refractivity contribution in [3.8, 4) is 0 Å². The molecule has 1 rings (SSSR count). The van der Waals surface area contributed by atoms with Crippen LogP contribution < -0.4 is 10.6 Å². The fourth-order valence-corrected chi connectivity index (χ4v) is 3.66. The van der Waals surface area contributed by atoms with Crippen molar-refractivity contribution in [2.45, 2.75) is 64.5 Å². The van der Waals surface area contributed by atoms with Gasteiger partial charge < -0.3 is 15.5 Å². The number of guanidine groups is 1. The summed E-state index contributed by atoms with van der Waals surface area (Å²) in [6, 6.07) is 0. The number of likely N-dealkylation sites (tertiary alicyclic amines) is 1. The maximum absolute atomic E-state index is 12.1. The standard InChI is InChI=1S/C18H36N4O3S.HI/c1-5-19-17(21-12-15-26(24,25)18(2,3)4)20-11-9-14-22-13-8-6-7-10-16(22)23;/h5-15H2,1-4H3,(H2,19,20,21);1H. The van der Waals surface area contributed by atoms with E-state index in [1.807, 2.05) is 11.8 Å².